The normalized spacial score (nSPS) is 18.7. The molecule has 0 bridgehead atoms. The number of aliphatic hydroxyl groups excluding tert-OH is 1. The number of carboxylic acid groups (broad SMARTS) is 1. The molecule has 1 saturated heterocycles. The van der Waals surface area contributed by atoms with E-state index in [1.165, 1.54) is 35.3 Å². The van der Waals surface area contributed by atoms with Crippen molar-refractivity contribution in [3.05, 3.63) is 42.4 Å². The van der Waals surface area contributed by atoms with E-state index in [4.69, 9.17) is 0 Å². The molecule has 2 aromatic rings. The second kappa shape index (κ2) is 11.6. The Kier molecular flexibility index (Phi) is 8.82. The zero-order chi connectivity index (χ0) is 26.5. The van der Waals surface area contributed by atoms with Crippen molar-refractivity contribution in [3.63, 3.8) is 0 Å². The van der Waals surface area contributed by atoms with Crippen molar-refractivity contribution in [2.24, 2.45) is 0 Å². The van der Waals surface area contributed by atoms with Gasteiger partial charge in [0.15, 0.2) is 5.82 Å². The van der Waals surface area contributed by atoms with Crippen LogP contribution in [0.1, 0.15) is 61.8 Å². The van der Waals surface area contributed by atoms with Crippen LogP contribution in [-0.4, -0.2) is 74.1 Å². The van der Waals surface area contributed by atoms with Gasteiger partial charge < -0.3 is 25.0 Å². The minimum Gasteiger partial charge on any atom is -0.480 e. The fraction of sp³-hybridized carbons (Fsp3) is 0.478. The molecule has 4 N–H and O–H groups in total. The van der Waals surface area contributed by atoms with Gasteiger partial charge in [0.05, 0.1) is 18.0 Å². The molecule has 1 aromatic heterocycles. The van der Waals surface area contributed by atoms with Crippen molar-refractivity contribution in [1.29, 1.82) is 0 Å². The molecule has 196 valence electrons. The maximum absolute atomic E-state index is 13.4. The predicted molar refractivity (Wildman–Crippen MR) is 128 cm³/mol. The number of benzene rings is 1. The number of β-amino-alcohol motifs (C(OH)–C–C–N with tert-alkyl or cyclic N) is 1. The number of nitrogens with one attached hydrogen (secondary N) is 1. The Hall–Kier alpha value is -3.29. The number of unbranched alkanes of at least 4 members (excludes halogenated alkanes) is 3. The SMILES string of the molecule is CCCCCC[C@H](C(=O)N1C[C@@H](O)C[C@H]1C(=O)O)n1cnc(NC(=O)c2ccccc2S(=O)(=O)O)c1. The third kappa shape index (κ3) is 6.47. The number of aliphatic hydroxyl groups is 1. The van der Waals surface area contributed by atoms with Gasteiger partial charge in [-0.15, -0.1) is 0 Å². The first-order chi connectivity index (χ1) is 17.0. The number of carboxylic acids is 1. The third-order valence-corrected chi connectivity index (χ3v) is 6.99. The Bertz CT molecular complexity index is 1210. The summed E-state index contributed by atoms with van der Waals surface area (Å²) in [7, 11) is -4.64. The molecule has 0 radical (unpaired) electrons. The van der Waals surface area contributed by atoms with Crippen LogP contribution in [0.2, 0.25) is 0 Å². The first-order valence-corrected chi connectivity index (χ1v) is 13.1. The number of carbonyl (C=O) groups excluding carboxylic acids is 2. The molecule has 1 aliphatic heterocycles. The largest absolute Gasteiger partial charge is 0.480 e. The van der Waals surface area contributed by atoms with Gasteiger partial charge in [0.1, 0.15) is 17.0 Å². The Labute approximate surface area is 208 Å². The predicted octanol–water partition coefficient (Wildman–Crippen LogP) is 1.94. The van der Waals surface area contributed by atoms with E-state index in [1.54, 1.807) is 0 Å². The number of imidazole rings is 1. The fourth-order valence-electron chi connectivity index (χ4n) is 4.28. The molecule has 1 aliphatic rings. The molecule has 13 heteroatoms. The molecular formula is C23H30N4O8S. The smallest absolute Gasteiger partial charge is 0.326 e. The topological polar surface area (TPSA) is 179 Å². The number of likely N-dealkylation sites (tertiary alicyclic amines) is 1. The summed E-state index contributed by atoms with van der Waals surface area (Å²) in [4.78, 5) is 42.5. The van der Waals surface area contributed by atoms with Gasteiger partial charge in [0.25, 0.3) is 16.0 Å². The molecule has 2 amide bonds. The van der Waals surface area contributed by atoms with E-state index >= 15 is 0 Å². The highest BCUT2D eigenvalue weighted by Gasteiger charge is 2.41. The number of hydrogen-bond acceptors (Lipinski definition) is 7. The third-order valence-electron chi connectivity index (χ3n) is 6.08. The molecule has 0 unspecified atom stereocenters. The van der Waals surface area contributed by atoms with E-state index in [-0.39, 0.29) is 24.3 Å². The Morgan fingerprint density at radius 2 is 1.92 bits per heavy atom. The fourth-order valence-corrected chi connectivity index (χ4v) is 4.97. The number of aromatic nitrogens is 2. The van der Waals surface area contributed by atoms with Crippen molar-refractivity contribution in [2.75, 3.05) is 11.9 Å². The Morgan fingerprint density at radius 1 is 1.19 bits per heavy atom. The lowest BCUT2D eigenvalue weighted by molar-refractivity contribution is -0.149. The average Bonchev–Trinajstić information content (AvgIpc) is 3.44. The summed E-state index contributed by atoms with van der Waals surface area (Å²) in [5.74, 6) is -2.45. The summed E-state index contributed by atoms with van der Waals surface area (Å²) in [5.41, 5.74) is -0.280. The highest BCUT2D eigenvalue weighted by atomic mass is 32.2. The summed E-state index contributed by atoms with van der Waals surface area (Å²) in [6.45, 7) is 1.96. The van der Waals surface area contributed by atoms with Crippen LogP contribution >= 0.6 is 0 Å². The van der Waals surface area contributed by atoms with Crippen LogP contribution in [0.4, 0.5) is 5.82 Å². The van der Waals surface area contributed by atoms with Gasteiger partial charge in [-0.2, -0.15) is 8.42 Å². The van der Waals surface area contributed by atoms with Crippen molar-refractivity contribution < 1.29 is 37.6 Å². The van der Waals surface area contributed by atoms with Crippen molar-refractivity contribution >= 4 is 33.7 Å². The van der Waals surface area contributed by atoms with Gasteiger partial charge in [0.2, 0.25) is 5.91 Å². The number of nitrogens with zero attached hydrogens (tertiary/aromatic N) is 3. The Morgan fingerprint density at radius 3 is 2.58 bits per heavy atom. The average molecular weight is 523 g/mol. The van der Waals surface area contributed by atoms with Crippen LogP contribution in [0.25, 0.3) is 0 Å². The monoisotopic (exact) mass is 522 g/mol. The zero-order valence-corrected chi connectivity index (χ0v) is 20.6. The molecule has 3 atom stereocenters. The molecule has 36 heavy (non-hydrogen) atoms. The highest BCUT2D eigenvalue weighted by Crippen LogP contribution is 2.27. The number of anilines is 1. The van der Waals surface area contributed by atoms with Crippen LogP contribution in [-0.2, 0) is 19.7 Å². The second-order valence-corrected chi connectivity index (χ2v) is 10.1. The highest BCUT2D eigenvalue weighted by molar-refractivity contribution is 7.86. The summed E-state index contributed by atoms with van der Waals surface area (Å²) < 4.78 is 34.1. The second-order valence-electron chi connectivity index (χ2n) is 8.73. The van der Waals surface area contributed by atoms with Gasteiger partial charge in [-0.05, 0) is 18.6 Å². The molecule has 0 spiro atoms. The summed E-state index contributed by atoms with van der Waals surface area (Å²) in [6.07, 6.45) is 5.67. The van der Waals surface area contributed by atoms with Crippen LogP contribution in [0.5, 0.6) is 0 Å². The van der Waals surface area contributed by atoms with Crippen molar-refractivity contribution in [2.45, 2.75) is 68.5 Å². The zero-order valence-electron chi connectivity index (χ0n) is 19.8. The van der Waals surface area contributed by atoms with Gasteiger partial charge in [-0.3, -0.25) is 14.1 Å². The minimum absolute atomic E-state index is 0.0349. The van der Waals surface area contributed by atoms with Crippen LogP contribution in [0.3, 0.4) is 0 Å². The number of hydrogen-bond donors (Lipinski definition) is 4. The molecular weight excluding hydrogens is 492 g/mol. The standard InChI is InChI=1S/C23H30N4O8S/c1-2-3-4-5-9-17(22(30)27-12-15(28)11-18(27)23(31)32)26-13-20(24-14-26)25-21(29)16-8-6-7-10-19(16)36(33,34)35/h6-8,10,13-15,17-18,28H,2-5,9,11-12H2,1H3,(H,25,29)(H,31,32)(H,33,34,35)/t15-,17+,18-/m0/s1. The molecule has 12 nitrogen and oxygen atoms in total. The first kappa shape index (κ1) is 27.3. The number of carbonyl (C=O) groups is 3. The van der Waals surface area contributed by atoms with Crippen molar-refractivity contribution in [3.8, 4) is 0 Å². The van der Waals surface area contributed by atoms with Crippen molar-refractivity contribution in [1.82, 2.24) is 14.5 Å². The van der Waals surface area contributed by atoms with E-state index < -0.39 is 51.0 Å². The molecule has 2 heterocycles. The molecule has 1 fully saturated rings. The van der Waals surface area contributed by atoms with Gasteiger partial charge in [0, 0.05) is 19.2 Å². The van der Waals surface area contributed by atoms with E-state index in [9.17, 15) is 37.6 Å². The molecule has 1 aromatic carbocycles. The quantitative estimate of drug-likeness (QED) is 0.253. The maximum Gasteiger partial charge on any atom is 0.326 e. The lowest BCUT2D eigenvalue weighted by Crippen LogP contribution is -2.44. The molecule has 0 saturated carbocycles. The summed E-state index contributed by atoms with van der Waals surface area (Å²) in [5, 5.41) is 21.9. The lowest BCUT2D eigenvalue weighted by atomic mass is 10.1. The number of aliphatic carboxylic acids is 1. The molecule has 3 rings (SSSR count). The van der Waals surface area contributed by atoms with Gasteiger partial charge in [-0.25, -0.2) is 9.78 Å². The number of rotatable bonds is 11. The minimum atomic E-state index is -4.64. The summed E-state index contributed by atoms with van der Waals surface area (Å²) in [6, 6.07) is 3.19. The van der Waals surface area contributed by atoms with Crippen LogP contribution in [0, 0.1) is 0 Å². The van der Waals surface area contributed by atoms with Gasteiger partial charge in [-0.1, -0.05) is 44.7 Å². The van der Waals surface area contributed by atoms with E-state index in [0.29, 0.717) is 12.8 Å². The van der Waals surface area contributed by atoms with Crippen LogP contribution < -0.4 is 5.32 Å². The molecule has 0 aliphatic carbocycles. The van der Waals surface area contributed by atoms with E-state index in [1.807, 2.05) is 0 Å². The first-order valence-electron chi connectivity index (χ1n) is 11.7. The van der Waals surface area contributed by atoms with E-state index in [0.717, 1.165) is 30.2 Å². The lowest BCUT2D eigenvalue weighted by Gasteiger charge is -2.27. The Balaban J connectivity index is 1.83. The van der Waals surface area contributed by atoms with Gasteiger partial charge >= 0.3 is 5.97 Å². The number of amides is 2. The van der Waals surface area contributed by atoms with Crippen LogP contribution in [0.15, 0.2) is 41.7 Å². The maximum atomic E-state index is 13.4. The summed E-state index contributed by atoms with van der Waals surface area (Å²) >= 11 is 0. The van der Waals surface area contributed by atoms with E-state index in [2.05, 4.69) is 17.2 Å².